The quantitative estimate of drug-likeness (QED) is 0.182. The minimum Gasteiger partial charge on any atom is -0.478 e. The van der Waals surface area contributed by atoms with Gasteiger partial charge in [-0.15, -0.1) is 0 Å². The molecule has 0 spiro atoms. The average molecular weight is 621 g/mol. The van der Waals surface area contributed by atoms with Gasteiger partial charge >= 0.3 is 5.97 Å². The Kier molecular flexibility index (Phi) is 8.85. The van der Waals surface area contributed by atoms with Crippen molar-refractivity contribution in [3.63, 3.8) is 0 Å². The molecule has 0 aliphatic heterocycles. The highest BCUT2D eigenvalue weighted by atomic mass is 35.5. The lowest BCUT2D eigenvalue weighted by Gasteiger charge is -2.14. The summed E-state index contributed by atoms with van der Waals surface area (Å²) in [4.78, 5) is 20.3. The van der Waals surface area contributed by atoms with Gasteiger partial charge in [-0.1, -0.05) is 23.7 Å². The Hall–Kier alpha value is -4.92. The number of carboxylic acids is 1. The van der Waals surface area contributed by atoms with Crippen LogP contribution in [0.2, 0.25) is 5.02 Å². The maximum atomic E-state index is 14.8. The summed E-state index contributed by atoms with van der Waals surface area (Å²) < 4.78 is 56.1. The van der Waals surface area contributed by atoms with Crippen LogP contribution in [-0.4, -0.2) is 39.3 Å². The van der Waals surface area contributed by atoms with E-state index in [0.29, 0.717) is 39.7 Å². The Morgan fingerprint density at radius 1 is 1.02 bits per heavy atom. The van der Waals surface area contributed by atoms with Gasteiger partial charge in [0.1, 0.15) is 23.8 Å². The number of aromatic nitrogens is 3. The van der Waals surface area contributed by atoms with Gasteiger partial charge in [-0.2, -0.15) is 5.26 Å². The molecule has 5 aromatic rings. The predicted molar refractivity (Wildman–Crippen MR) is 156 cm³/mol. The van der Waals surface area contributed by atoms with Crippen molar-refractivity contribution in [1.29, 1.82) is 5.26 Å². The zero-order chi connectivity index (χ0) is 31.5. The van der Waals surface area contributed by atoms with Crippen LogP contribution in [0.4, 0.5) is 13.2 Å². The third-order valence-corrected chi connectivity index (χ3v) is 7.38. The topological polar surface area (TPSA) is 110 Å². The standard InChI is InChI=1S/C32H24ClF3N4O4/c1-17-9-20(13-29-39-30-26(36)11-21(32(41)42)12-28(30)40(29)7-8-43-2)23(33)14-22(17)27-6-5-24(34)31(38-27)44-16-19-4-3-18(15-37)10-25(19)35/h3-6,9-12,14H,7-8,13,16H2,1-2H3,(H,41,42). The molecule has 0 bridgehead atoms. The fraction of sp³-hybridized carbons (Fsp3) is 0.188. The predicted octanol–water partition coefficient (Wildman–Crippen LogP) is 6.86. The van der Waals surface area contributed by atoms with E-state index in [0.717, 1.165) is 17.7 Å². The molecule has 2 aromatic heterocycles. The van der Waals surface area contributed by atoms with Gasteiger partial charge in [0.05, 0.1) is 35.0 Å². The number of carbonyl (C=O) groups is 1. The molecule has 0 amide bonds. The normalized spacial score (nSPS) is 11.1. The number of carboxylic acid groups (broad SMARTS) is 1. The zero-order valence-electron chi connectivity index (χ0n) is 23.5. The summed E-state index contributed by atoms with van der Waals surface area (Å²) in [6.07, 6.45) is 0.196. The molecule has 0 aliphatic rings. The second-order valence-electron chi connectivity index (χ2n) is 9.93. The van der Waals surface area contributed by atoms with E-state index in [1.54, 1.807) is 10.6 Å². The SMILES string of the molecule is COCCn1c(Cc2cc(C)c(-c3ccc(F)c(OCc4ccc(C#N)cc4F)n3)cc2Cl)nc2c(F)cc(C(=O)O)cc21. The van der Waals surface area contributed by atoms with Crippen LogP contribution in [0.5, 0.6) is 5.88 Å². The first-order chi connectivity index (χ1) is 21.1. The smallest absolute Gasteiger partial charge is 0.335 e. The largest absolute Gasteiger partial charge is 0.478 e. The zero-order valence-corrected chi connectivity index (χ0v) is 24.3. The van der Waals surface area contributed by atoms with Crippen molar-refractivity contribution in [2.24, 2.45) is 0 Å². The van der Waals surface area contributed by atoms with E-state index in [4.69, 9.17) is 26.3 Å². The molecule has 0 saturated heterocycles. The van der Waals surface area contributed by atoms with Gasteiger partial charge in [-0.25, -0.2) is 27.9 Å². The van der Waals surface area contributed by atoms with Gasteiger partial charge < -0.3 is 19.1 Å². The molecule has 44 heavy (non-hydrogen) atoms. The van der Waals surface area contributed by atoms with Crippen molar-refractivity contribution < 1.29 is 32.5 Å². The summed E-state index contributed by atoms with van der Waals surface area (Å²) in [6, 6.07) is 14.2. The summed E-state index contributed by atoms with van der Waals surface area (Å²) in [7, 11) is 1.52. The molecule has 0 radical (unpaired) electrons. The summed E-state index contributed by atoms with van der Waals surface area (Å²) in [5, 5.41) is 18.7. The molecule has 0 aliphatic carbocycles. The van der Waals surface area contributed by atoms with Crippen LogP contribution in [0.25, 0.3) is 22.3 Å². The Morgan fingerprint density at radius 3 is 2.52 bits per heavy atom. The van der Waals surface area contributed by atoms with Crippen molar-refractivity contribution in [2.75, 3.05) is 13.7 Å². The Bertz CT molecular complexity index is 1960. The maximum Gasteiger partial charge on any atom is 0.335 e. The van der Waals surface area contributed by atoms with Crippen LogP contribution < -0.4 is 4.74 Å². The first-order valence-electron chi connectivity index (χ1n) is 13.3. The second kappa shape index (κ2) is 12.8. The van der Waals surface area contributed by atoms with E-state index in [1.807, 2.05) is 19.1 Å². The van der Waals surface area contributed by atoms with Gasteiger partial charge in [0.25, 0.3) is 5.88 Å². The lowest BCUT2D eigenvalue weighted by Crippen LogP contribution is -2.10. The number of methoxy groups -OCH3 is 1. The summed E-state index contributed by atoms with van der Waals surface area (Å²) in [5.74, 6) is -3.28. The maximum absolute atomic E-state index is 14.8. The molecule has 8 nitrogen and oxygen atoms in total. The number of hydrogen-bond donors (Lipinski definition) is 1. The summed E-state index contributed by atoms with van der Waals surface area (Å²) in [6.45, 7) is 2.09. The highest BCUT2D eigenvalue weighted by Gasteiger charge is 2.20. The van der Waals surface area contributed by atoms with E-state index in [-0.39, 0.29) is 47.7 Å². The number of benzene rings is 3. The van der Waals surface area contributed by atoms with Crippen LogP contribution in [0, 0.1) is 35.7 Å². The molecule has 224 valence electrons. The van der Waals surface area contributed by atoms with Crippen molar-refractivity contribution in [3.05, 3.63) is 111 Å². The van der Waals surface area contributed by atoms with Crippen molar-refractivity contribution in [2.45, 2.75) is 26.5 Å². The molecular formula is C32H24ClF3N4O4. The van der Waals surface area contributed by atoms with Gasteiger partial charge in [0, 0.05) is 36.2 Å². The van der Waals surface area contributed by atoms with Crippen molar-refractivity contribution in [1.82, 2.24) is 14.5 Å². The molecule has 0 saturated carbocycles. The van der Waals surface area contributed by atoms with Gasteiger partial charge in [-0.05, 0) is 60.5 Å². The van der Waals surface area contributed by atoms with Gasteiger partial charge in [0.15, 0.2) is 11.6 Å². The fourth-order valence-corrected chi connectivity index (χ4v) is 5.03. The van der Waals surface area contributed by atoms with E-state index >= 15 is 0 Å². The first-order valence-corrected chi connectivity index (χ1v) is 13.7. The molecule has 1 N–H and O–H groups in total. The number of hydrogen-bond acceptors (Lipinski definition) is 6. The number of aromatic carboxylic acids is 1. The molecule has 0 unspecified atom stereocenters. The summed E-state index contributed by atoms with van der Waals surface area (Å²) >= 11 is 6.70. The van der Waals surface area contributed by atoms with Gasteiger partial charge in [-0.3, -0.25) is 0 Å². The number of fused-ring (bicyclic) bond motifs is 1. The fourth-order valence-electron chi connectivity index (χ4n) is 4.80. The molecule has 5 rings (SSSR count). The van der Waals surface area contributed by atoms with E-state index < -0.39 is 23.4 Å². The number of halogens is 4. The molecule has 12 heteroatoms. The number of imidazole rings is 1. The Labute approximate surface area is 254 Å². The molecule has 2 heterocycles. The second-order valence-corrected chi connectivity index (χ2v) is 10.3. The van der Waals surface area contributed by atoms with Crippen LogP contribution in [-0.2, 0) is 24.3 Å². The number of nitrogens with zero attached hydrogens (tertiary/aromatic N) is 4. The molecule has 0 fully saturated rings. The van der Waals surface area contributed by atoms with Crippen LogP contribution in [0.15, 0.2) is 54.6 Å². The van der Waals surface area contributed by atoms with Crippen LogP contribution in [0.3, 0.4) is 0 Å². The highest BCUT2D eigenvalue weighted by Crippen LogP contribution is 2.32. The Balaban J connectivity index is 1.45. The van der Waals surface area contributed by atoms with E-state index in [2.05, 4.69) is 9.97 Å². The molecule has 0 atom stereocenters. The van der Waals surface area contributed by atoms with Crippen LogP contribution >= 0.6 is 11.6 Å². The summed E-state index contributed by atoms with van der Waals surface area (Å²) in [5.41, 5.74) is 2.81. The first kappa shape index (κ1) is 30.5. The monoisotopic (exact) mass is 620 g/mol. The van der Waals surface area contributed by atoms with E-state index in [9.17, 15) is 23.1 Å². The van der Waals surface area contributed by atoms with Crippen molar-refractivity contribution in [3.8, 4) is 23.2 Å². The lowest BCUT2D eigenvalue weighted by molar-refractivity contribution is 0.0696. The van der Waals surface area contributed by atoms with E-state index in [1.165, 1.54) is 37.4 Å². The van der Waals surface area contributed by atoms with Crippen molar-refractivity contribution >= 4 is 28.6 Å². The number of aryl methyl sites for hydroxylation is 1. The third kappa shape index (κ3) is 6.22. The number of rotatable bonds is 10. The lowest BCUT2D eigenvalue weighted by atomic mass is 10.00. The average Bonchev–Trinajstić information content (AvgIpc) is 3.35. The third-order valence-electron chi connectivity index (χ3n) is 7.03. The minimum atomic E-state index is -1.26. The number of ether oxygens (including phenoxy) is 2. The Morgan fingerprint density at radius 2 is 1.82 bits per heavy atom. The molecule has 3 aromatic carbocycles. The highest BCUT2D eigenvalue weighted by molar-refractivity contribution is 6.31. The minimum absolute atomic E-state index is 0.0366. The number of pyridine rings is 1. The van der Waals surface area contributed by atoms with Crippen LogP contribution in [0.1, 0.15) is 38.4 Å². The molecular weight excluding hydrogens is 597 g/mol. The van der Waals surface area contributed by atoms with Gasteiger partial charge in [0.2, 0.25) is 0 Å². The number of nitriles is 1.